The largest absolute Gasteiger partial charge is 0.329 e. The van der Waals surface area contributed by atoms with Gasteiger partial charge in [-0.05, 0) is 34.8 Å². The Morgan fingerprint density at radius 1 is 1.44 bits per heavy atom. The standard InChI is InChI=1S/C10H11BrN2O2S/c1-3-4-13-9(14)6-5(2)7(11)16-8(6)12-10(13)15/h3-4H2,1-2H3,(H,12,15). The number of fused-ring (bicyclic) bond motifs is 1. The van der Waals surface area contributed by atoms with Gasteiger partial charge in [-0.25, -0.2) is 4.79 Å². The number of H-pyrrole nitrogens is 1. The number of aromatic nitrogens is 2. The van der Waals surface area contributed by atoms with E-state index in [-0.39, 0.29) is 11.2 Å². The number of aryl methyl sites for hydroxylation is 1. The Balaban J connectivity index is 2.91. The molecule has 6 heteroatoms. The lowest BCUT2D eigenvalue weighted by molar-refractivity contribution is 0.623. The van der Waals surface area contributed by atoms with E-state index in [1.165, 1.54) is 15.9 Å². The fourth-order valence-corrected chi connectivity index (χ4v) is 3.25. The minimum atomic E-state index is -0.326. The summed E-state index contributed by atoms with van der Waals surface area (Å²) in [6.45, 7) is 4.27. The van der Waals surface area contributed by atoms with Gasteiger partial charge in [0.05, 0.1) is 9.17 Å². The van der Waals surface area contributed by atoms with Crippen LogP contribution < -0.4 is 11.2 Å². The van der Waals surface area contributed by atoms with Crippen LogP contribution in [-0.2, 0) is 6.54 Å². The average Bonchev–Trinajstić information content (AvgIpc) is 2.49. The van der Waals surface area contributed by atoms with Crippen LogP contribution in [0.15, 0.2) is 13.4 Å². The van der Waals surface area contributed by atoms with Crippen LogP contribution in [-0.4, -0.2) is 9.55 Å². The predicted octanol–water partition coefficient (Wildman–Crippen LogP) is 2.23. The van der Waals surface area contributed by atoms with Crippen LogP contribution in [0.25, 0.3) is 10.2 Å². The van der Waals surface area contributed by atoms with Crippen molar-refractivity contribution in [3.8, 4) is 0 Å². The van der Waals surface area contributed by atoms with Gasteiger partial charge < -0.3 is 0 Å². The average molecular weight is 303 g/mol. The normalized spacial score (nSPS) is 11.2. The molecule has 0 spiro atoms. The van der Waals surface area contributed by atoms with E-state index in [0.29, 0.717) is 16.8 Å². The molecule has 2 aromatic rings. The van der Waals surface area contributed by atoms with Gasteiger partial charge in [-0.3, -0.25) is 14.3 Å². The molecule has 2 rings (SSSR count). The first kappa shape index (κ1) is 11.6. The molecular weight excluding hydrogens is 292 g/mol. The van der Waals surface area contributed by atoms with Gasteiger partial charge in [-0.2, -0.15) is 0 Å². The molecule has 86 valence electrons. The quantitative estimate of drug-likeness (QED) is 0.925. The van der Waals surface area contributed by atoms with E-state index >= 15 is 0 Å². The maximum atomic E-state index is 12.1. The summed E-state index contributed by atoms with van der Waals surface area (Å²) in [6, 6.07) is 0. The van der Waals surface area contributed by atoms with E-state index in [9.17, 15) is 9.59 Å². The molecule has 0 bridgehead atoms. The van der Waals surface area contributed by atoms with Crippen molar-refractivity contribution in [3.63, 3.8) is 0 Å². The Hall–Kier alpha value is -0.880. The molecule has 0 radical (unpaired) electrons. The van der Waals surface area contributed by atoms with Gasteiger partial charge in [-0.15, -0.1) is 11.3 Å². The molecule has 2 heterocycles. The third-order valence-electron chi connectivity index (χ3n) is 2.46. The van der Waals surface area contributed by atoms with Crippen molar-refractivity contribution in [2.24, 2.45) is 0 Å². The monoisotopic (exact) mass is 302 g/mol. The van der Waals surface area contributed by atoms with E-state index in [1.54, 1.807) is 0 Å². The highest BCUT2D eigenvalue weighted by molar-refractivity contribution is 9.11. The maximum absolute atomic E-state index is 12.1. The van der Waals surface area contributed by atoms with E-state index in [0.717, 1.165) is 15.8 Å². The molecule has 4 nitrogen and oxygen atoms in total. The third-order valence-corrected chi connectivity index (χ3v) is 4.54. The van der Waals surface area contributed by atoms with Crippen LogP contribution in [0.5, 0.6) is 0 Å². The van der Waals surface area contributed by atoms with Crippen LogP contribution in [0.2, 0.25) is 0 Å². The molecule has 0 aliphatic rings. The third kappa shape index (κ3) is 1.66. The first-order valence-electron chi connectivity index (χ1n) is 4.98. The number of thiophene rings is 1. The van der Waals surface area contributed by atoms with E-state index in [2.05, 4.69) is 20.9 Å². The first-order valence-corrected chi connectivity index (χ1v) is 6.59. The van der Waals surface area contributed by atoms with Crippen molar-refractivity contribution in [3.05, 3.63) is 30.2 Å². The molecule has 16 heavy (non-hydrogen) atoms. The predicted molar refractivity (Wildman–Crippen MR) is 69.4 cm³/mol. The molecule has 0 amide bonds. The van der Waals surface area contributed by atoms with Gasteiger partial charge in [0.1, 0.15) is 4.83 Å². The second-order valence-electron chi connectivity index (χ2n) is 3.59. The Labute approximate surface area is 104 Å². The minimum Gasteiger partial charge on any atom is -0.298 e. The van der Waals surface area contributed by atoms with Crippen molar-refractivity contribution >= 4 is 37.5 Å². The molecule has 0 saturated heterocycles. The van der Waals surface area contributed by atoms with Crippen molar-refractivity contribution in [2.45, 2.75) is 26.8 Å². The van der Waals surface area contributed by atoms with Gasteiger partial charge in [0.25, 0.3) is 5.56 Å². The zero-order valence-electron chi connectivity index (χ0n) is 8.96. The fraction of sp³-hybridized carbons (Fsp3) is 0.400. The molecule has 0 unspecified atom stereocenters. The maximum Gasteiger partial charge on any atom is 0.329 e. The minimum absolute atomic E-state index is 0.194. The summed E-state index contributed by atoms with van der Waals surface area (Å²) in [7, 11) is 0. The summed E-state index contributed by atoms with van der Waals surface area (Å²) < 4.78 is 2.15. The lowest BCUT2D eigenvalue weighted by Crippen LogP contribution is -2.34. The van der Waals surface area contributed by atoms with Crippen molar-refractivity contribution in [1.29, 1.82) is 0 Å². The van der Waals surface area contributed by atoms with Gasteiger partial charge in [0.15, 0.2) is 0 Å². The van der Waals surface area contributed by atoms with E-state index in [1.807, 2.05) is 13.8 Å². The van der Waals surface area contributed by atoms with Crippen molar-refractivity contribution in [1.82, 2.24) is 9.55 Å². The highest BCUT2D eigenvalue weighted by Crippen LogP contribution is 2.30. The summed E-state index contributed by atoms with van der Waals surface area (Å²) >= 11 is 4.76. The van der Waals surface area contributed by atoms with Gasteiger partial charge in [0, 0.05) is 6.54 Å². The Morgan fingerprint density at radius 2 is 2.12 bits per heavy atom. The molecule has 0 aromatic carbocycles. The zero-order valence-corrected chi connectivity index (χ0v) is 11.4. The Morgan fingerprint density at radius 3 is 2.75 bits per heavy atom. The number of aromatic amines is 1. The van der Waals surface area contributed by atoms with E-state index in [4.69, 9.17) is 0 Å². The molecular formula is C10H11BrN2O2S. The summed E-state index contributed by atoms with van der Waals surface area (Å²) in [4.78, 5) is 27.2. The molecule has 0 aliphatic carbocycles. The molecule has 0 saturated carbocycles. The number of nitrogens with zero attached hydrogens (tertiary/aromatic N) is 1. The smallest absolute Gasteiger partial charge is 0.298 e. The summed E-state index contributed by atoms with van der Waals surface area (Å²) in [5.74, 6) is 0. The first-order chi connectivity index (χ1) is 7.56. The van der Waals surface area contributed by atoms with E-state index < -0.39 is 0 Å². The molecule has 0 atom stereocenters. The number of hydrogen-bond donors (Lipinski definition) is 1. The topological polar surface area (TPSA) is 54.9 Å². The second-order valence-corrected chi connectivity index (χ2v) is 5.93. The molecule has 1 N–H and O–H groups in total. The highest BCUT2D eigenvalue weighted by atomic mass is 79.9. The van der Waals surface area contributed by atoms with Crippen LogP contribution in [0.3, 0.4) is 0 Å². The van der Waals surface area contributed by atoms with Gasteiger partial charge >= 0.3 is 5.69 Å². The van der Waals surface area contributed by atoms with Crippen LogP contribution >= 0.6 is 27.3 Å². The highest BCUT2D eigenvalue weighted by Gasteiger charge is 2.13. The lowest BCUT2D eigenvalue weighted by atomic mass is 10.3. The molecule has 0 aliphatic heterocycles. The van der Waals surface area contributed by atoms with Crippen LogP contribution in [0, 0.1) is 6.92 Å². The molecule has 2 aromatic heterocycles. The van der Waals surface area contributed by atoms with Gasteiger partial charge in [-0.1, -0.05) is 6.92 Å². The van der Waals surface area contributed by atoms with Gasteiger partial charge in [0.2, 0.25) is 0 Å². The fourth-order valence-electron chi connectivity index (χ4n) is 1.65. The number of nitrogens with one attached hydrogen (secondary N) is 1. The van der Waals surface area contributed by atoms with Crippen molar-refractivity contribution in [2.75, 3.05) is 0 Å². The van der Waals surface area contributed by atoms with Crippen molar-refractivity contribution < 1.29 is 0 Å². The number of rotatable bonds is 2. The second kappa shape index (κ2) is 4.18. The zero-order chi connectivity index (χ0) is 11.9. The van der Waals surface area contributed by atoms with Crippen LogP contribution in [0.1, 0.15) is 18.9 Å². The lowest BCUT2D eigenvalue weighted by Gasteiger charge is -2.02. The molecule has 0 fully saturated rings. The summed E-state index contributed by atoms with van der Waals surface area (Å²) in [5, 5.41) is 0.616. The SMILES string of the molecule is CCCn1c(=O)[nH]c2sc(Br)c(C)c2c1=O. The Kier molecular flexibility index (Phi) is 3.03. The van der Waals surface area contributed by atoms with Crippen LogP contribution in [0.4, 0.5) is 0 Å². The summed E-state index contributed by atoms with van der Waals surface area (Å²) in [5.41, 5.74) is 0.374. The number of halogens is 1. The Bertz CT molecular complexity index is 653. The number of hydrogen-bond acceptors (Lipinski definition) is 3. The summed E-state index contributed by atoms with van der Waals surface area (Å²) in [6.07, 6.45) is 0.763.